The Kier molecular flexibility index (Phi) is 6.90. The number of nitrogens with zero attached hydrogens (tertiary/aromatic N) is 2. The van der Waals surface area contributed by atoms with Crippen molar-refractivity contribution in [3.63, 3.8) is 0 Å². The Morgan fingerprint density at radius 3 is 0.965 bits per heavy atom. The lowest BCUT2D eigenvalue weighted by Crippen LogP contribution is -2.36. The highest BCUT2D eigenvalue weighted by Gasteiger charge is 2.48. The summed E-state index contributed by atoms with van der Waals surface area (Å²) < 4.78 is 0. The van der Waals surface area contributed by atoms with Crippen LogP contribution >= 0.6 is 0 Å². The van der Waals surface area contributed by atoms with Crippen LogP contribution in [0.2, 0.25) is 0 Å². The molecule has 0 bridgehead atoms. The molecule has 270 valence electrons. The minimum atomic E-state index is -0.853. The van der Waals surface area contributed by atoms with Gasteiger partial charge >= 0.3 is 0 Å². The van der Waals surface area contributed by atoms with E-state index in [9.17, 15) is 19.2 Å². The predicted octanol–water partition coefficient (Wildman–Crippen LogP) is 9.60. The highest BCUT2D eigenvalue weighted by atomic mass is 16.2. The van der Waals surface area contributed by atoms with Crippen LogP contribution in [0.5, 0.6) is 0 Å². The van der Waals surface area contributed by atoms with Gasteiger partial charge in [-0.1, -0.05) is 133 Å². The third-order valence-corrected chi connectivity index (χ3v) is 11.7. The van der Waals surface area contributed by atoms with Gasteiger partial charge in [-0.05, 0) is 80.6 Å². The van der Waals surface area contributed by atoms with Gasteiger partial charge in [0.15, 0.2) is 0 Å². The number of carbonyl (C=O) groups excluding carboxylic acids is 4. The smallest absolute Gasteiger partial charge is 0.280 e. The number of carbonyl (C=O) groups is 4. The molecule has 1 aliphatic carbocycles. The molecule has 0 atom stereocenters. The first-order valence-corrected chi connectivity index (χ1v) is 18.7. The van der Waals surface area contributed by atoms with E-state index in [2.05, 4.69) is 83.6 Å². The quantitative estimate of drug-likeness (QED) is 0.165. The van der Waals surface area contributed by atoms with Gasteiger partial charge in [-0.2, -0.15) is 10.0 Å². The van der Waals surface area contributed by atoms with E-state index in [-0.39, 0.29) is 0 Å². The standard InChI is InChI=1S/C49H30N4O4/c54-45-35-19-5-6-20-36(35)46(55)52(45)50-43-27-25-41(31-15-1-3-17-33(31)43)49(39-23-11-9-13-29(39)30-14-10-12-24-40(30)49)42-26-28-44(34-18-4-2-16-32(34)42)51-53-47(56)37-21-7-8-22-38(37)48(53)57/h1-28,50-51H. The number of hydrogen-bond donors (Lipinski definition) is 2. The number of hydrazine groups is 2. The molecular weight excluding hydrogens is 709 g/mol. The molecule has 0 fully saturated rings. The number of hydrogen-bond acceptors (Lipinski definition) is 6. The summed E-state index contributed by atoms with van der Waals surface area (Å²) in [7, 11) is 0. The molecule has 8 aromatic carbocycles. The summed E-state index contributed by atoms with van der Waals surface area (Å²) in [6.45, 7) is 0. The minimum absolute atomic E-state index is 0.363. The van der Waals surface area contributed by atoms with Crippen molar-refractivity contribution in [2.75, 3.05) is 10.9 Å². The van der Waals surface area contributed by atoms with Crippen LogP contribution in [0.4, 0.5) is 11.4 Å². The molecule has 3 aliphatic rings. The normalized spacial score (nSPS) is 14.9. The monoisotopic (exact) mass is 738 g/mol. The summed E-state index contributed by atoms with van der Waals surface area (Å²) in [6, 6.07) is 54.9. The second kappa shape index (κ2) is 12.1. The van der Waals surface area contributed by atoms with Gasteiger partial charge in [-0.25, -0.2) is 0 Å². The molecule has 8 aromatic rings. The SMILES string of the molecule is O=C1c2ccccc2C(=O)N1Nc1ccc(C2(c3ccc(NN4C(=O)c5ccccc5C4=O)c4ccccc34)c3ccccc3-c3ccccc32)c2ccccc12. The van der Waals surface area contributed by atoms with Gasteiger partial charge in [-0.15, -0.1) is 0 Å². The zero-order chi connectivity index (χ0) is 38.4. The van der Waals surface area contributed by atoms with E-state index in [4.69, 9.17) is 0 Å². The molecule has 0 aromatic heterocycles. The van der Waals surface area contributed by atoms with Crippen molar-refractivity contribution in [3.05, 3.63) is 214 Å². The molecule has 0 radical (unpaired) electrons. The molecule has 2 aliphatic heterocycles. The Morgan fingerprint density at radius 1 is 0.298 bits per heavy atom. The number of fused-ring (bicyclic) bond motifs is 7. The van der Waals surface area contributed by atoms with Crippen LogP contribution in [0.15, 0.2) is 170 Å². The van der Waals surface area contributed by atoms with Crippen LogP contribution in [-0.4, -0.2) is 33.6 Å². The van der Waals surface area contributed by atoms with Crippen LogP contribution in [0.3, 0.4) is 0 Å². The molecule has 4 amide bonds. The summed E-state index contributed by atoms with van der Waals surface area (Å²) >= 11 is 0. The van der Waals surface area contributed by atoms with E-state index in [1.807, 2.05) is 48.5 Å². The third-order valence-electron chi connectivity index (χ3n) is 11.7. The Morgan fingerprint density at radius 2 is 0.596 bits per heavy atom. The van der Waals surface area contributed by atoms with E-state index in [0.717, 1.165) is 64.9 Å². The Labute approximate surface area is 326 Å². The number of anilines is 2. The number of nitrogens with one attached hydrogen (secondary N) is 2. The van der Waals surface area contributed by atoms with Gasteiger partial charge in [0.25, 0.3) is 23.6 Å². The van der Waals surface area contributed by atoms with Crippen LogP contribution < -0.4 is 10.9 Å². The highest BCUT2D eigenvalue weighted by molar-refractivity contribution is 6.23. The average molecular weight is 739 g/mol. The maximum absolute atomic E-state index is 13.5. The highest BCUT2D eigenvalue weighted by Crippen LogP contribution is 2.59. The number of imide groups is 2. The van der Waals surface area contributed by atoms with Gasteiger partial charge in [0.05, 0.1) is 39.0 Å². The summed E-state index contributed by atoms with van der Waals surface area (Å²) in [5.74, 6) is -1.61. The van der Waals surface area contributed by atoms with Crippen molar-refractivity contribution in [2.24, 2.45) is 0 Å². The fourth-order valence-corrected chi connectivity index (χ4v) is 9.23. The lowest BCUT2D eigenvalue weighted by molar-refractivity contribution is 0.0676. The lowest BCUT2D eigenvalue weighted by atomic mass is 9.65. The van der Waals surface area contributed by atoms with Crippen molar-refractivity contribution >= 4 is 56.5 Å². The van der Waals surface area contributed by atoms with E-state index < -0.39 is 29.0 Å². The zero-order valence-corrected chi connectivity index (χ0v) is 30.2. The van der Waals surface area contributed by atoms with Crippen molar-refractivity contribution in [3.8, 4) is 11.1 Å². The molecule has 57 heavy (non-hydrogen) atoms. The first-order chi connectivity index (χ1) is 28.0. The van der Waals surface area contributed by atoms with Gasteiger partial charge in [0.1, 0.15) is 0 Å². The summed E-state index contributed by atoms with van der Waals surface area (Å²) in [4.78, 5) is 53.9. The molecule has 8 heteroatoms. The molecular formula is C49H30N4O4. The molecule has 0 saturated carbocycles. The van der Waals surface area contributed by atoms with Crippen molar-refractivity contribution < 1.29 is 19.2 Å². The minimum Gasteiger partial charge on any atom is -0.288 e. The van der Waals surface area contributed by atoms with E-state index >= 15 is 0 Å². The molecule has 2 N–H and O–H groups in total. The Balaban J connectivity index is 1.13. The molecule has 0 unspecified atom stereocenters. The average Bonchev–Trinajstić information content (AvgIpc) is 3.79. The van der Waals surface area contributed by atoms with Crippen molar-refractivity contribution in [2.45, 2.75) is 5.41 Å². The number of amides is 4. The molecule has 11 rings (SSSR count). The maximum Gasteiger partial charge on any atom is 0.280 e. The van der Waals surface area contributed by atoms with E-state index in [1.165, 1.54) is 0 Å². The number of rotatable bonds is 6. The van der Waals surface area contributed by atoms with E-state index in [0.29, 0.717) is 33.6 Å². The van der Waals surface area contributed by atoms with Crippen molar-refractivity contribution in [1.82, 2.24) is 10.0 Å². The van der Waals surface area contributed by atoms with Crippen LogP contribution in [0.1, 0.15) is 63.7 Å². The summed E-state index contributed by atoms with van der Waals surface area (Å²) in [6.07, 6.45) is 0. The van der Waals surface area contributed by atoms with Crippen LogP contribution in [0.25, 0.3) is 32.7 Å². The maximum atomic E-state index is 13.5. The molecule has 8 nitrogen and oxygen atoms in total. The van der Waals surface area contributed by atoms with Gasteiger partial charge in [-0.3, -0.25) is 30.0 Å². The zero-order valence-electron chi connectivity index (χ0n) is 30.2. The summed E-state index contributed by atoms with van der Waals surface area (Å²) in [5.41, 5.74) is 14.7. The Bertz CT molecular complexity index is 2820. The fourth-order valence-electron chi connectivity index (χ4n) is 9.23. The molecule has 0 saturated heterocycles. The lowest BCUT2D eigenvalue weighted by Gasteiger charge is -2.36. The van der Waals surface area contributed by atoms with Crippen LogP contribution in [-0.2, 0) is 5.41 Å². The topological polar surface area (TPSA) is 98.8 Å². The first kappa shape index (κ1) is 32.6. The predicted molar refractivity (Wildman–Crippen MR) is 220 cm³/mol. The second-order valence-electron chi connectivity index (χ2n) is 14.5. The molecule has 2 heterocycles. The Hall–Kier alpha value is -7.84. The van der Waals surface area contributed by atoms with E-state index in [1.54, 1.807) is 48.5 Å². The van der Waals surface area contributed by atoms with Gasteiger partial charge in [0, 0.05) is 10.8 Å². The first-order valence-electron chi connectivity index (χ1n) is 18.7. The summed E-state index contributed by atoms with van der Waals surface area (Å²) in [5, 5.41) is 5.72. The molecule has 0 spiro atoms. The number of benzene rings is 8. The second-order valence-corrected chi connectivity index (χ2v) is 14.5. The van der Waals surface area contributed by atoms with Crippen molar-refractivity contribution in [1.29, 1.82) is 0 Å². The largest absolute Gasteiger partial charge is 0.288 e. The fraction of sp³-hybridized carbons (Fsp3) is 0.0204. The van der Waals surface area contributed by atoms with Gasteiger partial charge in [0.2, 0.25) is 0 Å². The van der Waals surface area contributed by atoms with Gasteiger partial charge < -0.3 is 0 Å². The van der Waals surface area contributed by atoms with Crippen LogP contribution in [0, 0.1) is 0 Å². The third kappa shape index (κ3) is 4.43.